The Bertz CT molecular complexity index is 467. The van der Waals surface area contributed by atoms with Crippen molar-refractivity contribution in [2.45, 2.75) is 51.0 Å². The molecule has 2 aliphatic heterocycles. The Kier molecular flexibility index (Phi) is 5.05. The molecule has 2 fully saturated rings. The summed E-state index contributed by atoms with van der Waals surface area (Å²) < 4.78 is 11.7. The Balaban J connectivity index is 1.70. The summed E-state index contributed by atoms with van der Waals surface area (Å²) in [6, 6.07) is 3.69. The highest BCUT2D eigenvalue weighted by Gasteiger charge is 2.51. The summed E-state index contributed by atoms with van der Waals surface area (Å²) >= 11 is 0. The largest absolute Gasteiger partial charge is 0.390 e. The Hall–Kier alpha value is -1.05. The van der Waals surface area contributed by atoms with Gasteiger partial charge in [0.25, 0.3) is 0 Å². The van der Waals surface area contributed by atoms with Gasteiger partial charge in [-0.05, 0) is 30.8 Å². The van der Waals surface area contributed by atoms with Crippen LogP contribution >= 0.6 is 0 Å². The van der Waals surface area contributed by atoms with Crippen LogP contribution in [0.15, 0.2) is 24.5 Å². The van der Waals surface area contributed by atoms with E-state index in [-0.39, 0.29) is 24.5 Å². The lowest BCUT2D eigenvalue weighted by atomic mass is 9.94. The van der Waals surface area contributed by atoms with Gasteiger partial charge in [-0.1, -0.05) is 13.8 Å². The van der Waals surface area contributed by atoms with Gasteiger partial charge in [0.05, 0.1) is 24.8 Å². The first-order valence-electron chi connectivity index (χ1n) is 8.06. The maximum Gasteiger partial charge on any atom is 0.176 e. The highest BCUT2D eigenvalue weighted by atomic mass is 16.7. The lowest BCUT2D eigenvalue weighted by Crippen LogP contribution is -2.64. The van der Waals surface area contributed by atoms with E-state index in [1.54, 1.807) is 12.4 Å². The van der Waals surface area contributed by atoms with Crippen molar-refractivity contribution in [3.63, 3.8) is 0 Å². The fraction of sp³-hybridized carbons (Fsp3) is 0.688. The van der Waals surface area contributed by atoms with Gasteiger partial charge in [0.1, 0.15) is 6.10 Å². The third-order valence-corrected chi connectivity index (χ3v) is 4.66. The van der Waals surface area contributed by atoms with Crippen LogP contribution in [0, 0.1) is 0 Å². The topological polar surface area (TPSA) is 66.9 Å². The molecular formula is C16H25N3O3. The molecule has 3 heterocycles. The summed E-state index contributed by atoms with van der Waals surface area (Å²) in [5, 5.41) is 14.3. The summed E-state index contributed by atoms with van der Waals surface area (Å²) in [7, 11) is 0. The summed E-state index contributed by atoms with van der Waals surface area (Å²) in [6.45, 7) is 7.13. The lowest BCUT2D eigenvalue weighted by molar-refractivity contribution is -0.181. The van der Waals surface area contributed by atoms with Gasteiger partial charge in [0.2, 0.25) is 0 Å². The number of pyridine rings is 1. The smallest absolute Gasteiger partial charge is 0.176 e. The number of aromatic nitrogens is 1. The SMILES string of the molecule is CCN(CC)[C@@H]1[C@@H]2OC[C@H](O2)[C@@H](NCc2ccncc2)[C@@H]1O. The average molecular weight is 307 g/mol. The second kappa shape index (κ2) is 7.02. The molecule has 0 aromatic carbocycles. The van der Waals surface area contributed by atoms with E-state index in [0.29, 0.717) is 13.2 Å². The van der Waals surface area contributed by atoms with Gasteiger partial charge in [0.15, 0.2) is 6.29 Å². The molecule has 1 aromatic heterocycles. The van der Waals surface area contributed by atoms with Gasteiger partial charge in [-0.15, -0.1) is 0 Å². The number of ether oxygens (including phenoxy) is 2. The number of likely N-dealkylation sites (N-methyl/N-ethyl adjacent to an activating group) is 1. The second-order valence-corrected chi connectivity index (χ2v) is 5.84. The van der Waals surface area contributed by atoms with Crippen molar-refractivity contribution >= 4 is 0 Å². The molecule has 0 saturated carbocycles. The number of rotatable bonds is 6. The Morgan fingerprint density at radius 2 is 2.05 bits per heavy atom. The van der Waals surface area contributed by atoms with E-state index in [1.807, 2.05) is 12.1 Å². The number of nitrogens with zero attached hydrogens (tertiary/aromatic N) is 2. The normalized spacial score (nSPS) is 34.3. The van der Waals surface area contributed by atoms with Gasteiger partial charge in [-0.3, -0.25) is 9.88 Å². The van der Waals surface area contributed by atoms with E-state index in [4.69, 9.17) is 9.47 Å². The third kappa shape index (κ3) is 3.02. The van der Waals surface area contributed by atoms with Crippen LogP contribution in [0.2, 0.25) is 0 Å². The van der Waals surface area contributed by atoms with Crippen molar-refractivity contribution in [2.75, 3.05) is 19.7 Å². The van der Waals surface area contributed by atoms with Crippen LogP contribution < -0.4 is 5.32 Å². The van der Waals surface area contributed by atoms with Crippen molar-refractivity contribution in [3.8, 4) is 0 Å². The van der Waals surface area contributed by atoms with E-state index in [1.165, 1.54) is 0 Å². The quantitative estimate of drug-likeness (QED) is 0.791. The minimum Gasteiger partial charge on any atom is -0.390 e. The minimum absolute atomic E-state index is 0.0892. The molecule has 0 radical (unpaired) electrons. The number of hydrogen-bond acceptors (Lipinski definition) is 6. The molecule has 2 N–H and O–H groups in total. The molecule has 1 aromatic rings. The van der Waals surface area contributed by atoms with E-state index >= 15 is 0 Å². The highest BCUT2D eigenvalue weighted by molar-refractivity contribution is 5.10. The van der Waals surface area contributed by atoms with Crippen molar-refractivity contribution in [1.82, 2.24) is 15.2 Å². The first kappa shape index (κ1) is 15.8. The molecule has 0 amide bonds. The minimum atomic E-state index is -0.506. The highest BCUT2D eigenvalue weighted by Crippen LogP contribution is 2.31. The number of aliphatic hydroxyl groups is 1. The second-order valence-electron chi connectivity index (χ2n) is 5.84. The van der Waals surface area contributed by atoms with Gasteiger partial charge in [-0.2, -0.15) is 0 Å². The van der Waals surface area contributed by atoms with Crippen LogP contribution in [-0.4, -0.2) is 65.3 Å². The first-order valence-corrected chi connectivity index (χ1v) is 8.06. The van der Waals surface area contributed by atoms with Crippen LogP contribution in [0.4, 0.5) is 0 Å². The maximum atomic E-state index is 10.8. The van der Waals surface area contributed by atoms with Gasteiger partial charge in [-0.25, -0.2) is 0 Å². The van der Waals surface area contributed by atoms with Gasteiger partial charge >= 0.3 is 0 Å². The van der Waals surface area contributed by atoms with Gasteiger partial charge < -0.3 is 19.9 Å². The predicted molar refractivity (Wildman–Crippen MR) is 82.2 cm³/mol. The molecule has 6 heteroatoms. The Labute approximate surface area is 131 Å². The summed E-state index contributed by atoms with van der Waals surface area (Å²) in [5.74, 6) is 0. The van der Waals surface area contributed by atoms with E-state index < -0.39 is 6.10 Å². The summed E-state index contributed by atoms with van der Waals surface area (Å²) in [5.41, 5.74) is 1.14. The van der Waals surface area contributed by atoms with E-state index in [9.17, 15) is 5.11 Å². The van der Waals surface area contributed by atoms with Crippen LogP contribution in [-0.2, 0) is 16.0 Å². The van der Waals surface area contributed by atoms with Crippen LogP contribution in [0.3, 0.4) is 0 Å². The van der Waals surface area contributed by atoms with Crippen LogP contribution in [0.1, 0.15) is 19.4 Å². The molecule has 2 saturated heterocycles. The average Bonchev–Trinajstić information content (AvgIpc) is 2.97. The summed E-state index contributed by atoms with van der Waals surface area (Å²) in [4.78, 5) is 6.23. The molecule has 6 nitrogen and oxygen atoms in total. The van der Waals surface area contributed by atoms with E-state index in [2.05, 4.69) is 29.0 Å². The Morgan fingerprint density at radius 3 is 2.73 bits per heavy atom. The fourth-order valence-electron chi connectivity index (χ4n) is 3.42. The first-order chi connectivity index (χ1) is 10.7. The zero-order chi connectivity index (χ0) is 15.5. The van der Waals surface area contributed by atoms with Crippen molar-refractivity contribution < 1.29 is 14.6 Å². The predicted octanol–water partition coefficient (Wildman–Crippen LogP) is 0.366. The molecule has 5 atom stereocenters. The summed E-state index contributed by atoms with van der Waals surface area (Å²) in [6.07, 6.45) is 2.64. The molecule has 2 aliphatic rings. The molecule has 122 valence electrons. The molecule has 0 aliphatic carbocycles. The van der Waals surface area contributed by atoms with Crippen LogP contribution in [0.5, 0.6) is 0 Å². The van der Waals surface area contributed by atoms with Crippen LogP contribution in [0.25, 0.3) is 0 Å². The van der Waals surface area contributed by atoms with Crippen molar-refractivity contribution in [1.29, 1.82) is 0 Å². The molecule has 22 heavy (non-hydrogen) atoms. The standard InChI is InChI=1S/C16H25N3O3/c1-3-19(4-2)14-15(20)13(12-10-21-16(14)22-12)18-9-11-5-7-17-8-6-11/h5-8,12-16,18,20H,3-4,9-10H2,1-2H3/t12-,13+,14-,15-,16+/m0/s1. The zero-order valence-corrected chi connectivity index (χ0v) is 13.2. The number of hydrogen-bond donors (Lipinski definition) is 2. The Morgan fingerprint density at radius 1 is 1.32 bits per heavy atom. The van der Waals surface area contributed by atoms with Crippen molar-refractivity contribution in [3.05, 3.63) is 30.1 Å². The number of fused-ring (bicyclic) bond motifs is 2. The fourth-order valence-corrected chi connectivity index (χ4v) is 3.42. The molecule has 0 unspecified atom stereocenters. The van der Waals surface area contributed by atoms with Gasteiger partial charge in [0, 0.05) is 18.9 Å². The lowest BCUT2D eigenvalue weighted by Gasteiger charge is -2.43. The monoisotopic (exact) mass is 307 g/mol. The number of nitrogens with one attached hydrogen (secondary N) is 1. The number of aliphatic hydroxyl groups excluding tert-OH is 1. The third-order valence-electron chi connectivity index (χ3n) is 4.66. The molecule has 0 spiro atoms. The van der Waals surface area contributed by atoms with Crippen molar-refractivity contribution in [2.24, 2.45) is 0 Å². The zero-order valence-electron chi connectivity index (χ0n) is 13.2. The molecule has 3 rings (SSSR count). The maximum absolute atomic E-state index is 10.8. The molecular weight excluding hydrogens is 282 g/mol. The van der Waals surface area contributed by atoms with E-state index in [0.717, 1.165) is 18.7 Å². The molecule has 2 bridgehead atoms.